The molecule has 2 aromatic rings. The molecular weight excluding hydrogens is 304 g/mol. The summed E-state index contributed by atoms with van der Waals surface area (Å²) in [6, 6.07) is 1.74. The molecule has 2 aromatic heterocycles. The van der Waals surface area contributed by atoms with Gasteiger partial charge in [-0.05, 0) is 30.7 Å². The molecule has 3 heterocycles. The van der Waals surface area contributed by atoms with Crippen LogP contribution in [-0.4, -0.2) is 39.1 Å². The summed E-state index contributed by atoms with van der Waals surface area (Å²) in [5.41, 5.74) is 0.774. The van der Waals surface area contributed by atoms with Gasteiger partial charge in [0.2, 0.25) is 0 Å². The average Bonchev–Trinajstić information content (AvgIpc) is 3.36. The van der Waals surface area contributed by atoms with Crippen LogP contribution in [0.5, 0.6) is 0 Å². The van der Waals surface area contributed by atoms with Gasteiger partial charge in [-0.1, -0.05) is 19.8 Å². The van der Waals surface area contributed by atoms with Crippen molar-refractivity contribution in [2.24, 2.45) is 5.41 Å². The summed E-state index contributed by atoms with van der Waals surface area (Å²) in [7, 11) is 0. The highest BCUT2D eigenvalue weighted by atomic mass is 16.3. The molecule has 128 valence electrons. The molecule has 1 spiro atoms. The molecule has 1 atom stereocenters. The molecule has 0 bridgehead atoms. The van der Waals surface area contributed by atoms with Crippen LogP contribution in [0.15, 0.2) is 23.0 Å². The van der Waals surface area contributed by atoms with E-state index in [0.717, 1.165) is 43.9 Å². The first-order valence-corrected chi connectivity index (χ1v) is 8.94. The average molecular weight is 328 g/mol. The van der Waals surface area contributed by atoms with E-state index < -0.39 is 0 Å². The number of rotatable bonds is 4. The van der Waals surface area contributed by atoms with Gasteiger partial charge in [0, 0.05) is 25.4 Å². The Morgan fingerprint density at radius 1 is 1.46 bits per heavy atom. The Morgan fingerprint density at radius 3 is 3.00 bits per heavy atom. The number of H-pyrrole nitrogens is 1. The molecule has 1 saturated carbocycles. The summed E-state index contributed by atoms with van der Waals surface area (Å²) in [4.78, 5) is 19.5. The molecule has 2 fully saturated rings. The van der Waals surface area contributed by atoms with Gasteiger partial charge in [-0.25, -0.2) is 4.98 Å². The first kappa shape index (κ1) is 15.4. The first-order chi connectivity index (χ1) is 11.7. The number of carbonyl (C=O) groups is 1. The second-order valence-electron chi connectivity index (χ2n) is 7.21. The minimum atomic E-state index is 0.0573. The number of hydrogen-bond donors (Lipinski definition) is 1. The summed E-state index contributed by atoms with van der Waals surface area (Å²) in [6.45, 7) is 3.65. The van der Waals surface area contributed by atoms with E-state index in [2.05, 4.69) is 17.1 Å². The fourth-order valence-corrected chi connectivity index (χ4v) is 4.45. The molecular formula is C18H24N4O2. The van der Waals surface area contributed by atoms with Crippen LogP contribution in [0.4, 0.5) is 0 Å². The molecule has 6 heteroatoms. The maximum Gasteiger partial charge on any atom is 0.257 e. The highest BCUT2D eigenvalue weighted by molar-refractivity contribution is 5.94. The van der Waals surface area contributed by atoms with E-state index in [-0.39, 0.29) is 17.2 Å². The van der Waals surface area contributed by atoms with Crippen molar-refractivity contribution in [3.63, 3.8) is 0 Å². The van der Waals surface area contributed by atoms with Crippen molar-refractivity contribution in [1.82, 2.24) is 20.1 Å². The van der Waals surface area contributed by atoms with E-state index in [9.17, 15) is 4.79 Å². The van der Waals surface area contributed by atoms with Crippen LogP contribution in [0.2, 0.25) is 0 Å². The number of nitrogens with one attached hydrogen (secondary N) is 1. The maximum atomic E-state index is 12.7. The predicted octanol–water partition coefficient (Wildman–Crippen LogP) is 3.15. The highest BCUT2D eigenvalue weighted by Gasteiger charge is 2.51. The maximum absolute atomic E-state index is 12.7. The lowest BCUT2D eigenvalue weighted by Crippen LogP contribution is -2.31. The standard InChI is InChI=1S/C18H24N4O2/c1-2-5-15-19-16(21-20-15)14-10-22(12-18(14)7-3-4-8-18)17(23)13-6-9-24-11-13/h6,9,11,14H,2-5,7-8,10,12H2,1H3,(H,19,20,21). The van der Waals surface area contributed by atoms with Crippen molar-refractivity contribution in [2.75, 3.05) is 13.1 Å². The zero-order chi connectivity index (χ0) is 16.6. The Kier molecular flexibility index (Phi) is 3.90. The van der Waals surface area contributed by atoms with Gasteiger partial charge >= 0.3 is 0 Å². The zero-order valence-electron chi connectivity index (χ0n) is 14.1. The van der Waals surface area contributed by atoms with Gasteiger partial charge in [0.25, 0.3) is 5.91 Å². The van der Waals surface area contributed by atoms with Crippen LogP contribution in [0.1, 0.15) is 67.0 Å². The third-order valence-corrected chi connectivity index (χ3v) is 5.65. The Morgan fingerprint density at radius 2 is 2.29 bits per heavy atom. The van der Waals surface area contributed by atoms with Crippen LogP contribution in [0.25, 0.3) is 0 Å². The van der Waals surface area contributed by atoms with Crippen LogP contribution < -0.4 is 0 Å². The molecule has 4 rings (SSSR count). The van der Waals surface area contributed by atoms with Crippen molar-refractivity contribution in [2.45, 2.75) is 51.4 Å². The van der Waals surface area contributed by atoms with Crippen molar-refractivity contribution in [3.8, 4) is 0 Å². The van der Waals surface area contributed by atoms with Gasteiger partial charge < -0.3 is 9.32 Å². The smallest absolute Gasteiger partial charge is 0.257 e. The van der Waals surface area contributed by atoms with Gasteiger partial charge in [-0.15, -0.1) is 0 Å². The SMILES string of the molecule is CCCc1nc(C2CN(C(=O)c3ccoc3)CC23CCCC3)n[nH]1. The molecule has 1 aliphatic carbocycles. The van der Waals surface area contributed by atoms with Crippen LogP contribution in [0.3, 0.4) is 0 Å². The topological polar surface area (TPSA) is 75.0 Å². The second-order valence-corrected chi connectivity index (χ2v) is 7.21. The summed E-state index contributed by atoms with van der Waals surface area (Å²) in [6.07, 6.45) is 9.84. The molecule has 24 heavy (non-hydrogen) atoms. The largest absolute Gasteiger partial charge is 0.472 e. The summed E-state index contributed by atoms with van der Waals surface area (Å²) < 4.78 is 5.08. The Hall–Kier alpha value is -2.11. The van der Waals surface area contributed by atoms with Crippen LogP contribution in [-0.2, 0) is 6.42 Å². The fraction of sp³-hybridized carbons (Fsp3) is 0.611. The molecule has 2 aliphatic rings. The van der Waals surface area contributed by atoms with E-state index in [1.165, 1.54) is 19.1 Å². The number of nitrogens with zero attached hydrogens (tertiary/aromatic N) is 3. The minimum absolute atomic E-state index is 0.0573. The molecule has 1 amide bonds. The normalized spacial score (nSPS) is 22.5. The van der Waals surface area contributed by atoms with Gasteiger partial charge in [0.05, 0.1) is 11.8 Å². The number of furan rings is 1. The number of hydrogen-bond acceptors (Lipinski definition) is 4. The second kappa shape index (κ2) is 6.07. The number of likely N-dealkylation sites (tertiary alicyclic amines) is 1. The summed E-state index contributed by atoms with van der Waals surface area (Å²) in [5.74, 6) is 2.14. The van der Waals surface area contributed by atoms with Gasteiger partial charge in [-0.2, -0.15) is 5.10 Å². The minimum Gasteiger partial charge on any atom is -0.472 e. The van der Waals surface area contributed by atoms with E-state index in [1.54, 1.807) is 12.3 Å². The third kappa shape index (κ3) is 2.54. The molecule has 1 aliphatic heterocycles. The van der Waals surface area contributed by atoms with E-state index in [4.69, 9.17) is 9.40 Å². The molecule has 0 radical (unpaired) electrons. The summed E-state index contributed by atoms with van der Waals surface area (Å²) in [5, 5.41) is 7.58. The van der Waals surface area contributed by atoms with E-state index >= 15 is 0 Å². The third-order valence-electron chi connectivity index (χ3n) is 5.65. The van der Waals surface area contributed by atoms with Crippen molar-refractivity contribution < 1.29 is 9.21 Å². The number of aromatic amines is 1. The fourth-order valence-electron chi connectivity index (χ4n) is 4.45. The predicted molar refractivity (Wildman–Crippen MR) is 88.6 cm³/mol. The number of carbonyl (C=O) groups excluding carboxylic acids is 1. The molecule has 1 saturated heterocycles. The zero-order valence-corrected chi connectivity index (χ0v) is 14.1. The quantitative estimate of drug-likeness (QED) is 0.935. The van der Waals surface area contributed by atoms with Crippen LogP contribution >= 0.6 is 0 Å². The van der Waals surface area contributed by atoms with Crippen molar-refractivity contribution in [1.29, 1.82) is 0 Å². The number of aryl methyl sites for hydroxylation is 1. The monoisotopic (exact) mass is 328 g/mol. The van der Waals surface area contributed by atoms with Gasteiger partial charge in [-0.3, -0.25) is 9.89 Å². The molecule has 0 aromatic carbocycles. The van der Waals surface area contributed by atoms with Gasteiger partial charge in [0.1, 0.15) is 12.1 Å². The number of amides is 1. The molecule has 1 unspecified atom stereocenters. The van der Waals surface area contributed by atoms with E-state index in [0.29, 0.717) is 12.1 Å². The number of aromatic nitrogens is 3. The van der Waals surface area contributed by atoms with Crippen molar-refractivity contribution >= 4 is 5.91 Å². The lowest BCUT2D eigenvalue weighted by molar-refractivity contribution is 0.0772. The Balaban J connectivity index is 1.60. The Labute approximate surface area is 141 Å². The lowest BCUT2D eigenvalue weighted by Gasteiger charge is -2.27. The van der Waals surface area contributed by atoms with Gasteiger partial charge in [0.15, 0.2) is 5.82 Å². The molecule has 1 N–H and O–H groups in total. The van der Waals surface area contributed by atoms with E-state index in [1.807, 2.05) is 4.90 Å². The summed E-state index contributed by atoms with van der Waals surface area (Å²) >= 11 is 0. The Bertz CT molecular complexity index is 700. The first-order valence-electron chi connectivity index (χ1n) is 8.94. The lowest BCUT2D eigenvalue weighted by atomic mass is 9.76. The molecule has 6 nitrogen and oxygen atoms in total. The highest BCUT2D eigenvalue weighted by Crippen LogP contribution is 2.52. The van der Waals surface area contributed by atoms with Crippen molar-refractivity contribution in [3.05, 3.63) is 35.8 Å². The van der Waals surface area contributed by atoms with Crippen LogP contribution in [0, 0.1) is 5.41 Å².